The van der Waals surface area contributed by atoms with E-state index in [2.05, 4.69) is 27.5 Å². The van der Waals surface area contributed by atoms with Crippen LogP contribution in [0.15, 0.2) is 36.5 Å². The third-order valence-electron chi connectivity index (χ3n) is 3.33. The van der Waals surface area contributed by atoms with Gasteiger partial charge in [0.1, 0.15) is 0 Å². The average molecular weight is 302 g/mol. The molecule has 0 radical (unpaired) electrons. The number of hydrogen-bond acceptors (Lipinski definition) is 5. The van der Waals surface area contributed by atoms with Crippen molar-refractivity contribution in [2.75, 3.05) is 18.5 Å². The highest BCUT2D eigenvalue weighted by Crippen LogP contribution is 2.19. The second-order valence-electron chi connectivity index (χ2n) is 5.14. The Morgan fingerprint density at radius 2 is 2.14 bits per heavy atom. The molecule has 0 aliphatic carbocycles. The first-order valence-electron chi connectivity index (χ1n) is 6.96. The van der Waals surface area contributed by atoms with Crippen LogP contribution in [0.4, 0.5) is 5.13 Å². The van der Waals surface area contributed by atoms with Crippen molar-refractivity contribution in [1.82, 2.24) is 14.6 Å². The Labute approximate surface area is 127 Å². The molecular formula is C15H18N4OS. The Bertz CT molecular complexity index is 675. The van der Waals surface area contributed by atoms with Crippen molar-refractivity contribution in [3.63, 3.8) is 0 Å². The predicted molar refractivity (Wildman–Crippen MR) is 84.8 cm³/mol. The molecule has 0 fully saturated rings. The van der Waals surface area contributed by atoms with Gasteiger partial charge in [-0.1, -0.05) is 41.7 Å². The Morgan fingerprint density at radius 1 is 1.33 bits per heavy atom. The fraction of sp³-hybridized carbons (Fsp3) is 0.333. The first kappa shape index (κ1) is 14.0. The van der Waals surface area contributed by atoms with E-state index in [4.69, 9.17) is 0 Å². The molecule has 2 heterocycles. The molecule has 1 atom stereocenters. The number of nitrogens with one attached hydrogen (secondary N) is 1. The lowest BCUT2D eigenvalue weighted by Gasteiger charge is -2.14. The van der Waals surface area contributed by atoms with Gasteiger partial charge in [-0.2, -0.15) is 0 Å². The van der Waals surface area contributed by atoms with Gasteiger partial charge in [-0.15, -0.1) is 5.10 Å². The molecule has 0 amide bonds. The first-order chi connectivity index (χ1) is 10.2. The third kappa shape index (κ3) is 3.40. The number of aromatic nitrogens is 3. The molecule has 3 aromatic rings. The van der Waals surface area contributed by atoms with Crippen LogP contribution in [0.2, 0.25) is 0 Å². The van der Waals surface area contributed by atoms with Crippen LogP contribution < -0.4 is 5.32 Å². The molecule has 0 saturated carbocycles. The van der Waals surface area contributed by atoms with Gasteiger partial charge in [-0.3, -0.25) is 0 Å². The summed E-state index contributed by atoms with van der Waals surface area (Å²) in [6.45, 7) is 2.81. The molecule has 21 heavy (non-hydrogen) atoms. The maximum atomic E-state index is 9.53. The van der Waals surface area contributed by atoms with Crippen LogP contribution in [-0.4, -0.2) is 32.9 Å². The maximum absolute atomic E-state index is 9.53. The van der Waals surface area contributed by atoms with Gasteiger partial charge in [-0.05, 0) is 18.9 Å². The largest absolute Gasteiger partial charge is 0.396 e. The van der Waals surface area contributed by atoms with E-state index in [0.717, 1.165) is 22.2 Å². The fourth-order valence-corrected chi connectivity index (χ4v) is 3.09. The summed E-state index contributed by atoms with van der Waals surface area (Å²) < 4.78 is 1.79. The summed E-state index contributed by atoms with van der Waals surface area (Å²) in [5, 5.41) is 18.1. The molecule has 2 aromatic heterocycles. The molecule has 3 rings (SSSR count). The molecule has 1 aromatic carbocycles. The molecule has 110 valence electrons. The number of aliphatic hydroxyl groups is 1. The lowest BCUT2D eigenvalue weighted by Crippen LogP contribution is -2.20. The summed E-state index contributed by atoms with van der Waals surface area (Å²) in [6.07, 6.45) is 2.76. The number of hydrogen-bond donors (Lipinski definition) is 2. The molecular weight excluding hydrogens is 284 g/mol. The number of aryl methyl sites for hydroxylation is 1. The van der Waals surface area contributed by atoms with E-state index in [1.54, 1.807) is 4.52 Å². The van der Waals surface area contributed by atoms with E-state index in [1.165, 1.54) is 16.9 Å². The number of benzene rings is 1. The number of imidazole rings is 1. The van der Waals surface area contributed by atoms with Crippen molar-refractivity contribution in [2.24, 2.45) is 5.92 Å². The van der Waals surface area contributed by atoms with E-state index >= 15 is 0 Å². The summed E-state index contributed by atoms with van der Waals surface area (Å²) in [6, 6.07) is 10.2. The first-order valence-corrected chi connectivity index (χ1v) is 7.77. The van der Waals surface area contributed by atoms with Crippen LogP contribution in [0.1, 0.15) is 11.3 Å². The number of aliphatic hydroxyl groups excluding tert-OH is 1. The molecule has 0 aliphatic rings. The number of fused-ring (bicyclic) bond motifs is 1. The van der Waals surface area contributed by atoms with Crippen LogP contribution in [0.25, 0.3) is 4.96 Å². The van der Waals surface area contributed by atoms with E-state index in [0.29, 0.717) is 6.54 Å². The normalized spacial score (nSPS) is 12.7. The molecule has 0 unspecified atom stereocenters. The van der Waals surface area contributed by atoms with Crippen molar-refractivity contribution in [1.29, 1.82) is 0 Å². The van der Waals surface area contributed by atoms with Gasteiger partial charge >= 0.3 is 0 Å². The van der Waals surface area contributed by atoms with Crippen LogP contribution in [0.3, 0.4) is 0 Å². The minimum Gasteiger partial charge on any atom is -0.396 e. The van der Waals surface area contributed by atoms with Crippen LogP contribution >= 0.6 is 11.3 Å². The summed E-state index contributed by atoms with van der Waals surface area (Å²) >= 11 is 1.52. The summed E-state index contributed by atoms with van der Waals surface area (Å²) in [7, 11) is 0. The van der Waals surface area contributed by atoms with Gasteiger partial charge in [0.25, 0.3) is 0 Å². The quantitative estimate of drug-likeness (QED) is 0.734. The highest BCUT2D eigenvalue weighted by atomic mass is 32.1. The van der Waals surface area contributed by atoms with E-state index in [1.807, 2.05) is 31.3 Å². The molecule has 5 nitrogen and oxygen atoms in total. The van der Waals surface area contributed by atoms with Crippen molar-refractivity contribution in [2.45, 2.75) is 13.3 Å². The maximum Gasteiger partial charge on any atom is 0.214 e. The number of rotatable bonds is 6. The van der Waals surface area contributed by atoms with Crippen LogP contribution in [-0.2, 0) is 6.42 Å². The highest BCUT2D eigenvalue weighted by molar-refractivity contribution is 7.20. The molecule has 0 saturated heterocycles. The van der Waals surface area contributed by atoms with Gasteiger partial charge < -0.3 is 10.4 Å². The SMILES string of the molecule is Cc1cn2nc(NC[C@H](CO)Cc3ccccc3)sc2n1. The molecule has 6 heteroatoms. The summed E-state index contributed by atoms with van der Waals surface area (Å²) in [5.41, 5.74) is 2.21. The van der Waals surface area contributed by atoms with Crippen molar-refractivity contribution in [3.05, 3.63) is 47.8 Å². The number of nitrogens with zero attached hydrogens (tertiary/aromatic N) is 3. The Balaban J connectivity index is 1.60. The highest BCUT2D eigenvalue weighted by Gasteiger charge is 2.11. The van der Waals surface area contributed by atoms with Gasteiger partial charge in [-0.25, -0.2) is 9.50 Å². The summed E-state index contributed by atoms with van der Waals surface area (Å²) in [4.78, 5) is 5.27. The topological polar surface area (TPSA) is 62.5 Å². The van der Waals surface area contributed by atoms with Crippen molar-refractivity contribution in [3.8, 4) is 0 Å². The second-order valence-corrected chi connectivity index (χ2v) is 6.09. The average Bonchev–Trinajstić information content (AvgIpc) is 3.01. The standard InChI is InChI=1S/C15H18N4OS/c1-11-9-19-15(17-11)21-14(18-19)16-8-13(10-20)7-12-5-3-2-4-6-12/h2-6,9,13,20H,7-8,10H2,1H3,(H,16,18)/t13-/m1/s1. The second kappa shape index (κ2) is 6.24. The van der Waals surface area contributed by atoms with Gasteiger partial charge in [0.2, 0.25) is 10.1 Å². The minimum atomic E-state index is 0.156. The van der Waals surface area contributed by atoms with E-state index in [9.17, 15) is 5.11 Å². The van der Waals surface area contributed by atoms with Crippen LogP contribution in [0.5, 0.6) is 0 Å². The molecule has 2 N–H and O–H groups in total. The Hall–Kier alpha value is -1.92. The molecule has 0 aliphatic heterocycles. The van der Waals surface area contributed by atoms with E-state index in [-0.39, 0.29) is 12.5 Å². The predicted octanol–water partition coefficient (Wildman–Crippen LogP) is 2.36. The number of anilines is 1. The fourth-order valence-electron chi connectivity index (χ4n) is 2.26. The zero-order valence-electron chi connectivity index (χ0n) is 11.9. The van der Waals surface area contributed by atoms with Gasteiger partial charge in [0, 0.05) is 19.1 Å². The molecule has 0 bridgehead atoms. The van der Waals surface area contributed by atoms with Crippen molar-refractivity contribution >= 4 is 21.4 Å². The van der Waals surface area contributed by atoms with Crippen LogP contribution in [0, 0.1) is 12.8 Å². The third-order valence-corrected chi connectivity index (χ3v) is 4.21. The van der Waals surface area contributed by atoms with E-state index < -0.39 is 0 Å². The zero-order chi connectivity index (χ0) is 14.7. The van der Waals surface area contributed by atoms with Gasteiger partial charge in [0.15, 0.2) is 0 Å². The minimum absolute atomic E-state index is 0.156. The molecule has 0 spiro atoms. The van der Waals surface area contributed by atoms with Gasteiger partial charge in [0.05, 0.1) is 11.9 Å². The summed E-state index contributed by atoms with van der Waals surface area (Å²) in [5.74, 6) is 0.172. The van der Waals surface area contributed by atoms with Crippen molar-refractivity contribution < 1.29 is 5.11 Å². The zero-order valence-corrected chi connectivity index (χ0v) is 12.7. The smallest absolute Gasteiger partial charge is 0.214 e. The monoisotopic (exact) mass is 302 g/mol. The Morgan fingerprint density at radius 3 is 2.86 bits per heavy atom. The lowest BCUT2D eigenvalue weighted by atomic mass is 10.0. The Kier molecular flexibility index (Phi) is 4.17. The lowest BCUT2D eigenvalue weighted by molar-refractivity contribution is 0.232.